The number of hydrogen-bond donors (Lipinski definition) is 1. The number of carbonyl (C=O) groups excluding carboxylic acids is 2. The van der Waals surface area contributed by atoms with Crippen LogP contribution in [0.5, 0.6) is 0 Å². The fourth-order valence-electron chi connectivity index (χ4n) is 2.03. The summed E-state index contributed by atoms with van der Waals surface area (Å²) in [6, 6.07) is 8.66. The molecule has 1 N–H and O–H groups in total. The van der Waals surface area contributed by atoms with Crippen LogP contribution in [-0.2, 0) is 4.79 Å². The molecule has 0 unspecified atom stereocenters. The maximum absolute atomic E-state index is 11.8. The van der Waals surface area contributed by atoms with Gasteiger partial charge >= 0.3 is 6.03 Å². The predicted molar refractivity (Wildman–Crippen MR) is 64.3 cm³/mol. The van der Waals surface area contributed by atoms with Crippen molar-refractivity contribution in [2.24, 2.45) is 0 Å². The molecule has 1 fully saturated rings. The summed E-state index contributed by atoms with van der Waals surface area (Å²) in [7, 11) is 0. The van der Waals surface area contributed by atoms with Crippen LogP contribution in [0.15, 0.2) is 30.3 Å². The molecule has 4 nitrogen and oxygen atoms in total. The van der Waals surface area contributed by atoms with Gasteiger partial charge in [0.1, 0.15) is 6.04 Å². The van der Waals surface area contributed by atoms with Gasteiger partial charge in [0.05, 0.1) is 0 Å². The highest BCUT2D eigenvalue weighted by Crippen LogP contribution is 2.25. The maximum atomic E-state index is 11.8. The van der Waals surface area contributed by atoms with Gasteiger partial charge in [0.2, 0.25) is 0 Å². The Balaban J connectivity index is 2.23. The van der Waals surface area contributed by atoms with Crippen LogP contribution in [0.3, 0.4) is 0 Å². The van der Waals surface area contributed by atoms with E-state index in [9.17, 15) is 9.59 Å². The molecule has 1 aromatic rings. The van der Waals surface area contributed by atoms with Crippen LogP contribution >= 0.6 is 0 Å². The average Bonchev–Trinajstić information content (AvgIpc) is 2.62. The van der Waals surface area contributed by atoms with Crippen LogP contribution in [-0.4, -0.2) is 23.4 Å². The topological polar surface area (TPSA) is 49.4 Å². The zero-order valence-corrected chi connectivity index (χ0v) is 9.85. The van der Waals surface area contributed by atoms with E-state index in [-0.39, 0.29) is 11.9 Å². The molecule has 3 amide bonds. The summed E-state index contributed by atoms with van der Waals surface area (Å²) >= 11 is 0. The van der Waals surface area contributed by atoms with Gasteiger partial charge in [0.15, 0.2) is 0 Å². The van der Waals surface area contributed by atoms with Gasteiger partial charge in [-0.2, -0.15) is 0 Å². The molecule has 17 heavy (non-hydrogen) atoms. The van der Waals surface area contributed by atoms with Gasteiger partial charge < -0.3 is 4.90 Å². The molecule has 90 valence electrons. The van der Waals surface area contributed by atoms with E-state index in [4.69, 9.17) is 0 Å². The van der Waals surface area contributed by atoms with Crippen molar-refractivity contribution < 1.29 is 9.59 Å². The van der Waals surface area contributed by atoms with Gasteiger partial charge in [-0.05, 0) is 12.0 Å². The molecule has 1 saturated heterocycles. The van der Waals surface area contributed by atoms with E-state index in [2.05, 4.69) is 12.2 Å². The lowest BCUT2D eigenvalue weighted by molar-refractivity contribution is -0.121. The Morgan fingerprint density at radius 3 is 2.59 bits per heavy atom. The Morgan fingerprint density at radius 1 is 1.24 bits per heavy atom. The number of hydrogen-bond acceptors (Lipinski definition) is 2. The molecule has 0 spiro atoms. The monoisotopic (exact) mass is 232 g/mol. The maximum Gasteiger partial charge on any atom is 0.325 e. The molecule has 0 bridgehead atoms. The molecule has 0 radical (unpaired) electrons. The number of benzene rings is 1. The first-order valence-corrected chi connectivity index (χ1v) is 5.90. The molecule has 0 aromatic heterocycles. The number of amides is 3. The number of unbranched alkanes of at least 4 members (excludes halogenated alkanes) is 1. The third kappa shape index (κ3) is 2.30. The Hall–Kier alpha value is -1.84. The summed E-state index contributed by atoms with van der Waals surface area (Å²) in [5, 5.41) is 2.37. The Kier molecular flexibility index (Phi) is 3.42. The van der Waals surface area contributed by atoms with Crippen LogP contribution in [0.25, 0.3) is 0 Å². The van der Waals surface area contributed by atoms with Crippen molar-refractivity contribution in [3.63, 3.8) is 0 Å². The summed E-state index contributed by atoms with van der Waals surface area (Å²) in [6.45, 7) is 2.68. The van der Waals surface area contributed by atoms with E-state index >= 15 is 0 Å². The fraction of sp³-hybridized carbons (Fsp3) is 0.385. The van der Waals surface area contributed by atoms with Gasteiger partial charge in [-0.3, -0.25) is 10.1 Å². The molecule has 1 atom stereocenters. The Bertz CT molecular complexity index is 417. The first kappa shape index (κ1) is 11.6. The van der Waals surface area contributed by atoms with Crippen molar-refractivity contribution in [1.82, 2.24) is 10.2 Å². The first-order valence-electron chi connectivity index (χ1n) is 5.90. The molecular formula is C13H16N2O2. The van der Waals surface area contributed by atoms with Crippen LogP contribution < -0.4 is 5.32 Å². The number of imide groups is 1. The van der Waals surface area contributed by atoms with Crippen molar-refractivity contribution in [3.8, 4) is 0 Å². The lowest BCUT2D eigenvalue weighted by Gasteiger charge is -2.21. The van der Waals surface area contributed by atoms with Gasteiger partial charge in [-0.15, -0.1) is 0 Å². The van der Waals surface area contributed by atoms with Gasteiger partial charge in [-0.25, -0.2) is 4.79 Å². The van der Waals surface area contributed by atoms with Crippen LogP contribution in [0.1, 0.15) is 31.4 Å². The summed E-state index contributed by atoms with van der Waals surface area (Å²) < 4.78 is 0. The number of rotatable bonds is 4. The normalized spacial score (nSPS) is 19.6. The molecule has 0 aliphatic carbocycles. The highest BCUT2D eigenvalue weighted by Gasteiger charge is 2.38. The third-order valence-corrected chi connectivity index (χ3v) is 2.92. The van der Waals surface area contributed by atoms with Crippen molar-refractivity contribution in [3.05, 3.63) is 35.9 Å². The van der Waals surface area contributed by atoms with Crippen LogP contribution in [0.4, 0.5) is 4.79 Å². The number of nitrogens with one attached hydrogen (secondary N) is 1. The smallest absolute Gasteiger partial charge is 0.308 e. The minimum Gasteiger partial charge on any atom is -0.308 e. The highest BCUT2D eigenvalue weighted by molar-refractivity contribution is 6.04. The summed E-state index contributed by atoms with van der Waals surface area (Å²) in [5.74, 6) is -0.225. The average molecular weight is 232 g/mol. The van der Waals surface area contributed by atoms with E-state index in [0.717, 1.165) is 18.4 Å². The highest BCUT2D eigenvalue weighted by atomic mass is 16.2. The second-order valence-electron chi connectivity index (χ2n) is 4.15. The molecule has 1 aliphatic heterocycles. The fourth-order valence-corrected chi connectivity index (χ4v) is 2.03. The van der Waals surface area contributed by atoms with Crippen molar-refractivity contribution in [2.45, 2.75) is 25.8 Å². The minimum absolute atomic E-state index is 0.225. The first-order chi connectivity index (χ1) is 8.24. The van der Waals surface area contributed by atoms with Gasteiger partial charge in [0, 0.05) is 6.54 Å². The largest absolute Gasteiger partial charge is 0.325 e. The van der Waals surface area contributed by atoms with E-state index in [1.54, 1.807) is 4.90 Å². The van der Waals surface area contributed by atoms with Crippen LogP contribution in [0.2, 0.25) is 0 Å². The lowest BCUT2D eigenvalue weighted by atomic mass is 10.1. The van der Waals surface area contributed by atoms with Crippen molar-refractivity contribution in [1.29, 1.82) is 0 Å². The van der Waals surface area contributed by atoms with E-state index < -0.39 is 6.04 Å². The lowest BCUT2D eigenvalue weighted by Crippen LogP contribution is -2.30. The second kappa shape index (κ2) is 4.99. The predicted octanol–water partition coefficient (Wildman–Crippen LogP) is 2.08. The SMILES string of the molecule is CCCCN1C(=O)NC(=O)[C@@H]1c1ccccc1. The third-order valence-electron chi connectivity index (χ3n) is 2.92. The Morgan fingerprint density at radius 2 is 1.94 bits per heavy atom. The summed E-state index contributed by atoms with van der Waals surface area (Å²) in [5.41, 5.74) is 0.868. The molecule has 1 aromatic carbocycles. The Labute approximate surface area is 101 Å². The minimum atomic E-state index is -0.463. The summed E-state index contributed by atoms with van der Waals surface area (Å²) in [4.78, 5) is 25.1. The van der Waals surface area contributed by atoms with Crippen LogP contribution in [0, 0.1) is 0 Å². The standard InChI is InChI=1S/C13H16N2O2/c1-2-3-9-15-11(12(16)14-13(15)17)10-7-5-4-6-8-10/h4-8,11H,2-3,9H2,1H3,(H,14,16,17)/t11-/m0/s1. The molecule has 0 saturated carbocycles. The molecular weight excluding hydrogens is 216 g/mol. The van der Waals surface area contributed by atoms with E-state index in [1.165, 1.54) is 0 Å². The van der Waals surface area contributed by atoms with Crippen molar-refractivity contribution in [2.75, 3.05) is 6.54 Å². The van der Waals surface area contributed by atoms with E-state index in [1.807, 2.05) is 30.3 Å². The zero-order valence-electron chi connectivity index (χ0n) is 9.85. The second-order valence-corrected chi connectivity index (χ2v) is 4.15. The molecule has 2 rings (SSSR count). The number of urea groups is 1. The van der Waals surface area contributed by atoms with Gasteiger partial charge in [0.25, 0.3) is 5.91 Å². The zero-order chi connectivity index (χ0) is 12.3. The van der Waals surface area contributed by atoms with E-state index in [0.29, 0.717) is 6.54 Å². The number of carbonyl (C=O) groups is 2. The number of nitrogens with zero attached hydrogens (tertiary/aromatic N) is 1. The van der Waals surface area contributed by atoms with Gasteiger partial charge in [-0.1, -0.05) is 43.7 Å². The molecule has 1 aliphatic rings. The summed E-state index contributed by atoms with van der Waals surface area (Å²) in [6.07, 6.45) is 1.91. The molecule has 1 heterocycles. The quantitative estimate of drug-likeness (QED) is 0.808. The molecule has 4 heteroatoms. The van der Waals surface area contributed by atoms with Crippen molar-refractivity contribution >= 4 is 11.9 Å².